The average molecular weight is 497 g/mol. The van der Waals surface area contributed by atoms with Gasteiger partial charge in [0.2, 0.25) is 0 Å². The van der Waals surface area contributed by atoms with Crippen LogP contribution in [0, 0.1) is 5.41 Å². The highest BCUT2D eigenvalue weighted by Gasteiger charge is 2.46. The van der Waals surface area contributed by atoms with Gasteiger partial charge < -0.3 is 10.5 Å². The number of nitrogens with two attached hydrogens (primary N) is 1. The lowest BCUT2D eigenvalue weighted by Crippen LogP contribution is -2.44. The topological polar surface area (TPSA) is 98.4 Å². The quantitative estimate of drug-likeness (QED) is 0.632. The van der Waals surface area contributed by atoms with Crippen molar-refractivity contribution < 1.29 is 14.3 Å². The zero-order chi connectivity index (χ0) is 23.0. The van der Waals surface area contributed by atoms with E-state index in [4.69, 9.17) is 10.5 Å². The highest BCUT2D eigenvalue weighted by Crippen LogP contribution is 2.50. The van der Waals surface area contributed by atoms with E-state index in [1.54, 1.807) is 42.5 Å². The number of aromatic nitrogens is 2. The molecule has 7 nitrogen and oxygen atoms in total. The van der Waals surface area contributed by atoms with Gasteiger partial charge in [-0.3, -0.25) is 14.7 Å². The van der Waals surface area contributed by atoms with Crippen LogP contribution in [0.5, 0.6) is 0 Å². The van der Waals surface area contributed by atoms with Crippen LogP contribution in [0.25, 0.3) is 0 Å². The van der Waals surface area contributed by atoms with Crippen LogP contribution in [0.3, 0.4) is 0 Å². The SMILES string of the molecule is CCOC(=O)C1=C(N)N(c2ccc(Br)cn2)C2=C(C(=O)CC(C)(C)C2)[C@H]1c1cccnc1. The summed E-state index contributed by atoms with van der Waals surface area (Å²) < 4.78 is 6.19. The van der Waals surface area contributed by atoms with Crippen molar-refractivity contribution in [1.29, 1.82) is 0 Å². The van der Waals surface area contributed by atoms with E-state index < -0.39 is 11.9 Å². The van der Waals surface area contributed by atoms with E-state index in [1.165, 1.54) is 0 Å². The van der Waals surface area contributed by atoms with E-state index >= 15 is 0 Å². The number of carbonyl (C=O) groups is 2. The third-order valence-corrected chi connectivity index (χ3v) is 6.18. The first kappa shape index (κ1) is 22.2. The van der Waals surface area contributed by atoms with Crippen LogP contribution in [0.2, 0.25) is 0 Å². The van der Waals surface area contributed by atoms with Gasteiger partial charge in [-0.1, -0.05) is 19.9 Å². The molecule has 166 valence electrons. The predicted molar refractivity (Wildman–Crippen MR) is 124 cm³/mol. The maximum Gasteiger partial charge on any atom is 0.338 e. The Balaban J connectivity index is 2.01. The Labute approximate surface area is 195 Å². The molecule has 1 atom stereocenters. The molecule has 32 heavy (non-hydrogen) atoms. The fraction of sp³-hybridized carbons (Fsp3) is 0.333. The maximum atomic E-state index is 13.5. The van der Waals surface area contributed by atoms with Crippen LogP contribution in [0.15, 0.2) is 70.0 Å². The molecule has 0 saturated carbocycles. The summed E-state index contributed by atoms with van der Waals surface area (Å²) in [6.45, 7) is 6.05. The Hall–Kier alpha value is -3.00. The number of Topliss-reactive ketones (excluding diaryl/α,β-unsaturated/α-hetero) is 1. The molecule has 0 spiro atoms. The number of rotatable bonds is 4. The molecule has 4 rings (SSSR count). The predicted octanol–water partition coefficient (Wildman–Crippen LogP) is 4.22. The number of ether oxygens (including phenoxy) is 1. The third kappa shape index (κ3) is 3.95. The Kier molecular flexibility index (Phi) is 5.90. The van der Waals surface area contributed by atoms with E-state index in [2.05, 4.69) is 39.7 Å². The molecule has 0 fully saturated rings. The molecule has 0 aromatic carbocycles. The molecule has 0 radical (unpaired) electrons. The molecule has 2 N–H and O–H groups in total. The van der Waals surface area contributed by atoms with Gasteiger partial charge in [0.1, 0.15) is 11.6 Å². The van der Waals surface area contributed by atoms with E-state index in [0.717, 1.165) is 15.7 Å². The number of allylic oxidation sites excluding steroid dienone is 2. The second-order valence-electron chi connectivity index (χ2n) is 8.71. The van der Waals surface area contributed by atoms with Gasteiger partial charge >= 0.3 is 5.97 Å². The molecule has 0 bridgehead atoms. The summed E-state index contributed by atoms with van der Waals surface area (Å²) >= 11 is 3.41. The zero-order valence-corrected chi connectivity index (χ0v) is 19.8. The van der Waals surface area contributed by atoms with Crippen molar-refractivity contribution in [3.8, 4) is 0 Å². The monoisotopic (exact) mass is 496 g/mol. The van der Waals surface area contributed by atoms with Crippen LogP contribution >= 0.6 is 15.9 Å². The molecular formula is C24H25BrN4O3. The highest BCUT2D eigenvalue weighted by atomic mass is 79.9. The summed E-state index contributed by atoms with van der Waals surface area (Å²) in [5, 5.41) is 0. The summed E-state index contributed by atoms with van der Waals surface area (Å²) in [6, 6.07) is 7.30. The van der Waals surface area contributed by atoms with E-state index in [1.807, 2.05) is 12.1 Å². The number of esters is 1. The lowest BCUT2D eigenvalue weighted by atomic mass is 9.68. The summed E-state index contributed by atoms with van der Waals surface area (Å²) in [7, 11) is 0. The maximum absolute atomic E-state index is 13.5. The molecule has 0 amide bonds. The van der Waals surface area contributed by atoms with Gasteiger partial charge in [0.25, 0.3) is 0 Å². The molecule has 2 aromatic heterocycles. The number of pyridine rings is 2. The fourth-order valence-electron chi connectivity index (χ4n) is 4.46. The summed E-state index contributed by atoms with van der Waals surface area (Å²) in [5.74, 6) is -0.453. The number of hydrogen-bond acceptors (Lipinski definition) is 7. The third-order valence-electron chi connectivity index (χ3n) is 5.71. The normalized spacial score (nSPS) is 20.3. The minimum Gasteiger partial charge on any atom is -0.463 e. The second-order valence-corrected chi connectivity index (χ2v) is 9.63. The van der Waals surface area contributed by atoms with E-state index in [0.29, 0.717) is 24.2 Å². The first-order valence-corrected chi connectivity index (χ1v) is 11.3. The average Bonchev–Trinajstić information content (AvgIpc) is 2.74. The van der Waals surface area contributed by atoms with Crippen LogP contribution in [-0.4, -0.2) is 28.3 Å². The van der Waals surface area contributed by atoms with Gasteiger partial charge in [0, 0.05) is 40.8 Å². The van der Waals surface area contributed by atoms with Crippen molar-refractivity contribution in [3.05, 3.63) is 75.6 Å². The van der Waals surface area contributed by atoms with Crippen molar-refractivity contribution in [2.24, 2.45) is 11.1 Å². The Bertz CT molecular complexity index is 1120. The molecular weight excluding hydrogens is 472 g/mol. The Morgan fingerprint density at radius 1 is 1.28 bits per heavy atom. The first-order chi connectivity index (χ1) is 15.2. The highest BCUT2D eigenvalue weighted by molar-refractivity contribution is 9.10. The molecule has 2 aliphatic rings. The minimum atomic E-state index is -0.645. The number of halogens is 1. The first-order valence-electron chi connectivity index (χ1n) is 10.5. The van der Waals surface area contributed by atoms with Crippen LogP contribution in [0.4, 0.5) is 5.82 Å². The molecule has 0 saturated heterocycles. The molecule has 1 aliphatic carbocycles. The Morgan fingerprint density at radius 2 is 2.06 bits per heavy atom. The molecule has 2 aromatic rings. The number of nitrogens with zero attached hydrogens (tertiary/aromatic N) is 3. The van der Waals surface area contributed by atoms with Crippen molar-refractivity contribution in [3.63, 3.8) is 0 Å². The van der Waals surface area contributed by atoms with Gasteiger partial charge in [-0.25, -0.2) is 9.78 Å². The van der Waals surface area contributed by atoms with Crippen LogP contribution in [-0.2, 0) is 14.3 Å². The van der Waals surface area contributed by atoms with Gasteiger partial charge in [0.05, 0.1) is 18.1 Å². The number of anilines is 1. The van der Waals surface area contributed by atoms with Crippen LogP contribution in [0.1, 0.15) is 45.1 Å². The number of ketones is 1. The number of carbonyl (C=O) groups excluding carboxylic acids is 2. The number of hydrogen-bond donors (Lipinski definition) is 1. The minimum absolute atomic E-state index is 0.0125. The smallest absolute Gasteiger partial charge is 0.338 e. The lowest BCUT2D eigenvalue weighted by molar-refractivity contribution is -0.138. The lowest BCUT2D eigenvalue weighted by Gasteiger charge is -2.43. The molecule has 0 unspecified atom stereocenters. The second kappa shape index (κ2) is 8.50. The standard InChI is InChI=1S/C24H25BrN4O3/c1-4-32-23(31)21-19(14-6-5-9-27-12-14)20-16(10-24(2,3)11-17(20)30)29(22(21)26)18-8-7-15(25)13-28-18/h5-9,12-13,19H,4,10-11,26H2,1-3H3/t19-/m1/s1. The molecule has 1 aliphatic heterocycles. The van der Waals surface area contributed by atoms with E-state index in [9.17, 15) is 9.59 Å². The van der Waals surface area contributed by atoms with Crippen LogP contribution < -0.4 is 10.6 Å². The summed E-state index contributed by atoms with van der Waals surface area (Å²) in [4.78, 5) is 37.2. The Morgan fingerprint density at radius 3 is 2.69 bits per heavy atom. The van der Waals surface area contributed by atoms with Gasteiger partial charge in [0.15, 0.2) is 5.78 Å². The van der Waals surface area contributed by atoms with Crippen molar-refractivity contribution in [2.75, 3.05) is 11.5 Å². The van der Waals surface area contributed by atoms with Gasteiger partial charge in [-0.05, 0) is 58.5 Å². The summed E-state index contributed by atoms with van der Waals surface area (Å²) in [5.41, 5.74) is 8.70. The van der Waals surface area contributed by atoms with Gasteiger partial charge in [-0.2, -0.15) is 0 Å². The molecule has 3 heterocycles. The van der Waals surface area contributed by atoms with Crippen molar-refractivity contribution in [2.45, 2.75) is 39.5 Å². The summed E-state index contributed by atoms with van der Waals surface area (Å²) in [6.07, 6.45) is 5.97. The van der Waals surface area contributed by atoms with E-state index in [-0.39, 0.29) is 29.2 Å². The largest absolute Gasteiger partial charge is 0.463 e. The zero-order valence-electron chi connectivity index (χ0n) is 18.3. The van der Waals surface area contributed by atoms with Crippen molar-refractivity contribution >= 4 is 33.5 Å². The molecule has 8 heteroatoms. The van der Waals surface area contributed by atoms with Gasteiger partial charge in [-0.15, -0.1) is 0 Å². The fourth-order valence-corrected chi connectivity index (χ4v) is 4.69. The van der Waals surface area contributed by atoms with Crippen molar-refractivity contribution in [1.82, 2.24) is 9.97 Å².